The van der Waals surface area contributed by atoms with E-state index < -0.39 is 0 Å². The Morgan fingerprint density at radius 3 is 2.31 bits per heavy atom. The van der Waals surface area contributed by atoms with Crippen molar-refractivity contribution in [2.75, 3.05) is 18.0 Å². The van der Waals surface area contributed by atoms with E-state index >= 15 is 0 Å². The molecule has 16 heavy (non-hydrogen) atoms. The van der Waals surface area contributed by atoms with Crippen LogP contribution in [0.3, 0.4) is 0 Å². The van der Waals surface area contributed by atoms with Crippen molar-refractivity contribution in [2.24, 2.45) is 0 Å². The number of rotatable bonds is 1. The van der Waals surface area contributed by atoms with Gasteiger partial charge in [0.1, 0.15) is 5.75 Å². The van der Waals surface area contributed by atoms with Gasteiger partial charge < -0.3 is 10.0 Å². The van der Waals surface area contributed by atoms with Gasteiger partial charge in [0.25, 0.3) is 0 Å². The number of phenolic OH excluding ortho intramolecular Hbond substituents is 1. The first-order chi connectivity index (χ1) is 7.86. The first-order valence-corrected chi connectivity index (χ1v) is 5.82. The van der Waals surface area contributed by atoms with Crippen LogP contribution in [0, 0.1) is 0 Å². The second-order valence-corrected chi connectivity index (χ2v) is 4.34. The Hall–Kier alpha value is -1.70. The molecule has 3 rings (SSSR count). The van der Waals surface area contributed by atoms with Crippen molar-refractivity contribution in [1.82, 2.24) is 0 Å². The third kappa shape index (κ3) is 1.42. The van der Waals surface area contributed by atoms with Crippen molar-refractivity contribution in [3.05, 3.63) is 36.4 Å². The standard InChI is InChI=1S/C14H15NO/c16-14-8-7-13(15-9-3-4-10-15)11-5-1-2-6-12(11)14/h1-2,5-8,16H,3-4,9-10H2. The van der Waals surface area contributed by atoms with Gasteiger partial charge in [-0.2, -0.15) is 0 Å². The van der Waals surface area contributed by atoms with E-state index in [2.05, 4.69) is 11.0 Å². The summed E-state index contributed by atoms with van der Waals surface area (Å²) in [4.78, 5) is 2.40. The maximum absolute atomic E-state index is 9.82. The highest BCUT2D eigenvalue weighted by Gasteiger charge is 2.15. The van der Waals surface area contributed by atoms with Crippen molar-refractivity contribution in [1.29, 1.82) is 0 Å². The molecule has 0 unspecified atom stereocenters. The van der Waals surface area contributed by atoms with Crippen LogP contribution >= 0.6 is 0 Å². The molecular formula is C14H15NO. The molecule has 0 radical (unpaired) electrons. The van der Waals surface area contributed by atoms with Gasteiger partial charge >= 0.3 is 0 Å². The second kappa shape index (κ2) is 3.71. The maximum atomic E-state index is 9.82. The normalized spacial score (nSPS) is 15.9. The summed E-state index contributed by atoms with van der Waals surface area (Å²) < 4.78 is 0. The summed E-state index contributed by atoms with van der Waals surface area (Å²) in [7, 11) is 0. The van der Waals surface area contributed by atoms with Crippen LogP contribution in [-0.2, 0) is 0 Å². The molecule has 1 aliphatic heterocycles. The highest BCUT2D eigenvalue weighted by Crippen LogP contribution is 2.34. The number of hydrogen-bond donors (Lipinski definition) is 1. The predicted octanol–water partition coefficient (Wildman–Crippen LogP) is 3.15. The van der Waals surface area contributed by atoms with Crippen molar-refractivity contribution in [3.8, 4) is 5.75 Å². The van der Waals surface area contributed by atoms with E-state index in [9.17, 15) is 5.11 Å². The molecule has 1 fully saturated rings. The average Bonchev–Trinajstić information content (AvgIpc) is 2.83. The fourth-order valence-electron chi connectivity index (χ4n) is 2.50. The lowest BCUT2D eigenvalue weighted by Gasteiger charge is -2.20. The molecule has 0 bridgehead atoms. The quantitative estimate of drug-likeness (QED) is 0.786. The summed E-state index contributed by atoms with van der Waals surface area (Å²) in [5, 5.41) is 11.9. The van der Waals surface area contributed by atoms with Gasteiger partial charge in [0.2, 0.25) is 0 Å². The minimum Gasteiger partial charge on any atom is -0.507 e. The molecule has 0 amide bonds. The topological polar surface area (TPSA) is 23.5 Å². The lowest BCUT2D eigenvalue weighted by molar-refractivity contribution is 0.481. The monoisotopic (exact) mass is 213 g/mol. The predicted molar refractivity (Wildman–Crippen MR) is 67.1 cm³/mol. The molecule has 1 aliphatic rings. The van der Waals surface area contributed by atoms with E-state index in [1.54, 1.807) is 6.07 Å². The summed E-state index contributed by atoms with van der Waals surface area (Å²) >= 11 is 0. The molecule has 1 heterocycles. The molecule has 82 valence electrons. The zero-order chi connectivity index (χ0) is 11.0. The minimum absolute atomic E-state index is 0.374. The molecule has 0 aromatic heterocycles. The van der Waals surface area contributed by atoms with E-state index in [1.165, 1.54) is 18.5 Å². The van der Waals surface area contributed by atoms with Crippen molar-refractivity contribution in [2.45, 2.75) is 12.8 Å². The Labute approximate surface area is 95.1 Å². The average molecular weight is 213 g/mol. The third-order valence-electron chi connectivity index (χ3n) is 3.32. The number of aromatic hydroxyl groups is 1. The van der Waals surface area contributed by atoms with Crippen LogP contribution < -0.4 is 4.90 Å². The summed E-state index contributed by atoms with van der Waals surface area (Å²) in [6.45, 7) is 2.27. The molecule has 2 nitrogen and oxygen atoms in total. The minimum atomic E-state index is 0.374. The lowest BCUT2D eigenvalue weighted by atomic mass is 10.1. The summed E-state index contributed by atoms with van der Waals surface area (Å²) in [5.41, 5.74) is 1.26. The van der Waals surface area contributed by atoms with Gasteiger partial charge in [-0.1, -0.05) is 24.3 Å². The SMILES string of the molecule is Oc1ccc(N2CCCC2)c2ccccc12. The van der Waals surface area contributed by atoms with Crippen LogP contribution in [0.15, 0.2) is 36.4 Å². The maximum Gasteiger partial charge on any atom is 0.123 e. The number of anilines is 1. The number of fused-ring (bicyclic) bond motifs is 1. The number of hydrogen-bond acceptors (Lipinski definition) is 2. The lowest BCUT2D eigenvalue weighted by Crippen LogP contribution is -2.17. The first kappa shape index (κ1) is 9.52. The van der Waals surface area contributed by atoms with Gasteiger partial charge in [-0.3, -0.25) is 0 Å². The fourth-order valence-corrected chi connectivity index (χ4v) is 2.50. The van der Waals surface area contributed by atoms with Crippen LogP contribution in [-0.4, -0.2) is 18.2 Å². The molecule has 2 heteroatoms. The van der Waals surface area contributed by atoms with Crippen molar-refractivity contribution >= 4 is 16.5 Å². The van der Waals surface area contributed by atoms with Gasteiger partial charge in [0.15, 0.2) is 0 Å². The Bertz CT molecular complexity index is 515. The number of benzene rings is 2. The van der Waals surface area contributed by atoms with E-state index in [4.69, 9.17) is 0 Å². The summed E-state index contributed by atoms with van der Waals surface area (Å²) in [6, 6.07) is 11.9. The molecule has 1 N–H and O–H groups in total. The molecule has 0 saturated carbocycles. The highest BCUT2D eigenvalue weighted by molar-refractivity contribution is 5.98. The summed E-state index contributed by atoms with van der Waals surface area (Å²) in [5.74, 6) is 0.374. The van der Waals surface area contributed by atoms with Gasteiger partial charge in [-0.25, -0.2) is 0 Å². The van der Waals surface area contributed by atoms with E-state index in [0.29, 0.717) is 5.75 Å². The number of phenols is 1. The van der Waals surface area contributed by atoms with Crippen LogP contribution in [0.4, 0.5) is 5.69 Å². The first-order valence-electron chi connectivity index (χ1n) is 5.82. The van der Waals surface area contributed by atoms with Crippen molar-refractivity contribution in [3.63, 3.8) is 0 Å². The molecule has 2 aromatic rings. The summed E-state index contributed by atoms with van der Waals surface area (Å²) in [6.07, 6.45) is 2.55. The fraction of sp³-hybridized carbons (Fsp3) is 0.286. The van der Waals surface area contributed by atoms with E-state index in [-0.39, 0.29) is 0 Å². The molecular weight excluding hydrogens is 198 g/mol. The third-order valence-corrected chi connectivity index (χ3v) is 3.32. The van der Waals surface area contributed by atoms with Gasteiger partial charge in [0.05, 0.1) is 0 Å². The molecule has 2 aromatic carbocycles. The molecule has 0 aliphatic carbocycles. The Morgan fingerprint density at radius 1 is 0.875 bits per heavy atom. The van der Waals surface area contributed by atoms with Crippen LogP contribution in [0.25, 0.3) is 10.8 Å². The largest absolute Gasteiger partial charge is 0.507 e. The molecule has 1 saturated heterocycles. The van der Waals surface area contributed by atoms with Crippen LogP contribution in [0.2, 0.25) is 0 Å². The van der Waals surface area contributed by atoms with Crippen LogP contribution in [0.1, 0.15) is 12.8 Å². The molecule has 0 atom stereocenters. The Balaban J connectivity index is 2.21. The van der Waals surface area contributed by atoms with Gasteiger partial charge in [-0.05, 0) is 25.0 Å². The van der Waals surface area contributed by atoms with Gasteiger partial charge in [-0.15, -0.1) is 0 Å². The number of nitrogens with zero attached hydrogens (tertiary/aromatic N) is 1. The zero-order valence-corrected chi connectivity index (χ0v) is 9.19. The van der Waals surface area contributed by atoms with Crippen LogP contribution in [0.5, 0.6) is 5.75 Å². The van der Waals surface area contributed by atoms with Crippen molar-refractivity contribution < 1.29 is 5.11 Å². The Morgan fingerprint density at radius 2 is 1.56 bits per heavy atom. The van der Waals surface area contributed by atoms with Gasteiger partial charge in [0, 0.05) is 29.5 Å². The van der Waals surface area contributed by atoms with E-state index in [0.717, 1.165) is 23.9 Å². The van der Waals surface area contributed by atoms with E-state index in [1.807, 2.05) is 24.3 Å². The smallest absolute Gasteiger partial charge is 0.123 e. The second-order valence-electron chi connectivity index (χ2n) is 4.34. The molecule has 0 spiro atoms. The Kier molecular flexibility index (Phi) is 2.21. The highest BCUT2D eigenvalue weighted by atomic mass is 16.3. The zero-order valence-electron chi connectivity index (χ0n) is 9.19.